The SMILES string of the molecule is c1ccc(CN2CC[C@@H]3CCNCC[C@H]32)cc1. The van der Waals surface area contributed by atoms with Crippen LogP contribution in [0.2, 0.25) is 0 Å². The van der Waals surface area contributed by atoms with Crippen molar-refractivity contribution in [1.82, 2.24) is 10.2 Å². The average molecular weight is 230 g/mol. The van der Waals surface area contributed by atoms with Crippen LogP contribution in [-0.2, 0) is 6.54 Å². The first-order valence-corrected chi connectivity index (χ1v) is 6.92. The molecule has 0 bridgehead atoms. The van der Waals surface area contributed by atoms with Gasteiger partial charge in [-0.25, -0.2) is 0 Å². The fraction of sp³-hybridized carbons (Fsp3) is 0.600. The summed E-state index contributed by atoms with van der Waals surface area (Å²) in [4.78, 5) is 2.70. The number of hydrogen-bond donors (Lipinski definition) is 1. The van der Waals surface area contributed by atoms with Crippen LogP contribution in [0.4, 0.5) is 0 Å². The summed E-state index contributed by atoms with van der Waals surface area (Å²) in [5.74, 6) is 0.939. The fourth-order valence-electron chi connectivity index (χ4n) is 3.42. The molecule has 0 saturated carbocycles. The summed E-state index contributed by atoms with van der Waals surface area (Å²) in [6.45, 7) is 4.86. The van der Waals surface area contributed by atoms with E-state index in [0.717, 1.165) is 18.5 Å². The first-order chi connectivity index (χ1) is 8.43. The predicted octanol–water partition coefficient (Wildman–Crippen LogP) is 2.26. The molecule has 2 heteroatoms. The predicted molar refractivity (Wildman–Crippen MR) is 70.9 cm³/mol. The number of likely N-dealkylation sites (tertiary alicyclic amines) is 1. The van der Waals surface area contributed by atoms with Gasteiger partial charge in [-0.15, -0.1) is 0 Å². The molecule has 1 aromatic carbocycles. The lowest BCUT2D eigenvalue weighted by Gasteiger charge is -2.26. The van der Waals surface area contributed by atoms with Crippen LogP contribution in [0, 0.1) is 5.92 Å². The average Bonchev–Trinajstić information content (AvgIpc) is 2.61. The van der Waals surface area contributed by atoms with Crippen molar-refractivity contribution < 1.29 is 0 Å². The van der Waals surface area contributed by atoms with Gasteiger partial charge in [0.25, 0.3) is 0 Å². The molecule has 1 N–H and O–H groups in total. The third kappa shape index (κ3) is 2.53. The second-order valence-corrected chi connectivity index (χ2v) is 5.40. The Hall–Kier alpha value is -0.860. The zero-order valence-electron chi connectivity index (χ0n) is 10.4. The lowest BCUT2D eigenvalue weighted by molar-refractivity contribution is 0.211. The molecule has 2 aliphatic heterocycles. The quantitative estimate of drug-likeness (QED) is 0.838. The third-order valence-electron chi connectivity index (χ3n) is 4.34. The Bertz CT molecular complexity index is 349. The van der Waals surface area contributed by atoms with Crippen LogP contribution in [0.1, 0.15) is 24.8 Å². The second kappa shape index (κ2) is 5.19. The Kier molecular flexibility index (Phi) is 3.44. The van der Waals surface area contributed by atoms with Gasteiger partial charge in [0, 0.05) is 12.6 Å². The molecule has 2 saturated heterocycles. The maximum Gasteiger partial charge on any atom is 0.0236 e. The summed E-state index contributed by atoms with van der Waals surface area (Å²) in [6.07, 6.45) is 4.10. The topological polar surface area (TPSA) is 15.3 Å². The summed E-state index contributed by atoms with van der Waals surface area (Å²) in [5, 5.41) is 3.53. The van der Waals surface area contributed by atoms with Crippen molar-refractivity contribution >= 4 is 0 Å². The van der Waals surface area contributed by atoms with Crippen molar-refractivity contribution in [3.63, 3.8) is 0 Å². The highest BCUT2D eigenvalue weighted by atomic mass is 15.2. The van der Waals surface area contributed by atoms with Crippen molar-refractivity contribution in [2.24, 2.45) is 5.92 Å². The van der Waals surface area contributed by atoms with E-state index in [0.29, 0.717) is 0 Å². The minimum absolute atomic E-state index is 0.824. The van der Waals surface area contributed by atoms with Gasteiger partial charge < -0.3 is 5.32 Å². The molecule has 0 amide bonds. The van der Waals surface area contributed by atoms with Crippen LogP contribution in [0.5, 0.6) is 0 Å². The molecule has 17 heavy (non-hydrogen) atoms. The molecular formula is C15H22N2. The van der Waals surface area contributed by atoms with Gasteiger partial charge in [0.15, 0.2) is 0 Å². The maximum absolute atomic E-state index is 3.53. The van der Waals surface area contributed by atoms with Gasteiger partial charge in [0.05, 0.1) is 0 Å². The zero-order chi connectivity index (χ0) is 11.5. The number of rotatable bonds is 2. The Morgan fingerprint density at radius 2 is 1.88 bits per heavy atom. The molecule has 92 valence electrons. The Balaban J connectivity index is 1.67. The largest absolute Gasteiger partial charge is 0.317 e. The maximum atomic E-state index is 3.53. The molecule has 2 fully saturated rings. The van der Waals surface area contributed by atoms with Crippen molar-refractivity contribution in [2.45, 2.75) is 31.8 Å². The first kappa shape index (κ1) is 11.2. The zero-order valence-corrected chi connectivity index (χ0v) is 10.4. The third-order valence-corrected chi connectivity index (χ3v) is 4.34. The van der Waals surface area contributed by atoms with Crippen molar-refractivity contribution in [3.8, 4) is 0 Å². The monoisotopic (exact) mass is 230 g/mol. The molecule has 0 radical (unpaired) electrons. The highest BCUT2D eigenvalue weighted by Gasteiger charge is 2.34. The molecule has 2 nitrogen and oxygen atoms in total. The van der Waals surface area contributed by atoms with E-state index in [2.05, 4.69) is 40.5 Å². The Morgan fingerprint density at radius 1 is 1.06 bits per heavy atom. The molecule has 0 unspecified atom stereocenters. The number of nitrogens with one attached hydrogen (secondary N) is 1. The number of fused-ring (bicyclic) bond motifs is 1. The normalized spacial score (nSPS) is 29.9. The molecule has 2 aliphatic rings. The molecule has 0 spiro atoms. The minimum atomic E-state index is 0.824. The van der Waals surface area contributed by atoms with E-state index in [4.69, 9.17) is 0 Å². The van der Waals surface area contributed by atoms with Gasteiger partial charge in [-0.2, -0.15) is 0 Å². The van der Waals surface area contributed by atoms with Crippen LogP contribution < -0.4 is 5.32 Å². The summed E-state index contributed by atoms with van der Waals surface area (Å²) >= 11 is 0. The minimum Gasteiger partial charge on any atom is -0.317 e. The van der Waals surface area contributed by atoms with Crippen LogP contribution in [-0.4, -0.2) is 30.6 Å². The van der Waals surface area contributed by atoms with E-state index in [9.17, 15) is 0 Å². The van der Waals surface area contributed by atoms with Crippen LogP contribution >= 0.6 is 0 Å². The number of hydrogen-bond acceptors (Lipinski definition) is 2. The first-order valence-electron chi connectivity index (χ1n) is 6.92. The molecule has 1 aromatic rings. The van der Waals surface area contributed by atoms with Crippen LogP contribution in [0.25, 0.3) is 0 Å². The van der Waals surface area contributed by atoms with Gasteiger partial charge in [0.1, 0.15) is 0 Å². The fourth-order valence-corrected chi connectivity index (χ4v) is 3.42. The van der Waals surface area contributed by atoms with Gasteiger partial charge in [-0.05, 0) is 50.4 Å². The van der Waals surface area contributed by atoms with Crippen molar-refractivity contribution in [3.05, 3.63) is 35.9 Å². The van der Waals surface area contributed by atoms with Crippen LogP contribution in [0.15, 0.2) is 30.3 Å². The standard InChI is InChI=1S/C15H22N2/c1-2-4-13(5-3-1)12-17-11-8-14-6-9-16-10-7-15(14)17/h1-5,14-16H,6-12H2/t14-,15+/m0/s1. The van der Waals surface area contributed by atoms with Gasteiger partial charge >= 0.3 is 0 Å². The molecule has 3 rings (SSSR count). The van der Waals surface area contributed by atoms with E-state index < -0.39 is 0 Å². The summed E-state index contributed by atoms with van der Waals surface area (Å²) in [7, 11) is 0. The van der Waals surface area contributed by atoms with E-state index in [-0.39, 0.29) is 0 Å². The number of benzene rings is 1. The van der Waals surface area contributed by atoms with E-state index in [1.54, 1.807) is 0 Å². The van der Waals surface area contributed by atoms with Crippen molar-refractivity contribution in [2.75, 3.05) is 19.6 Å². The van der Waals surface area contributed by atoms with Gasteiger partial charge in [-0.3, -0.25) is 4.90 Å². The highest BCUT2D eigenvalue weighted by Crippen LogP contribution is 2.31. The molecule has 2 atom stereocenters. The Labute approximate surface area is 104 Å². The number of nitrogens with zero attached hydrogens (tertiary/aromatic N) is 1. The molecule has 0 aliphatic carbocycles. The molecule has 0 aromatic heterocycles. The highest BCUT2D eigenvalue weighted by molar-refractivity contribution is 5.15. The van der Waals surface area contributed by atoms with Crippen molar-refractivity contribution in [1.29, 1.82) is 0 Å². The van der Waals surface area contributed by atoms with E-state index in [1.165, 1.54) is 44.5 Å². The van der Waals surface area contributed by atoms with Crippen LogP contribution in [0.3, 0.4) is 0 Å². The smallest absolute Gasteiger partial charge is 0.0236 e. The summed E-state index contributed by atoms with van der Waals surface area (Å²) in [5.41, 5.74) is 1.46. The Morgan fingerprint density at radius 3 is 2.76 bits per heavy atom. The van der Waals surface area contributed by atoms with E-state index >= 15 is 0 Å². The summed E-state index contributed by atoms with van der Waals surface area (Å²) in [6, 6.07) is 11.7. The molecule has 2 heterocycles. The molecular weight excluding hydrogens is 208 g/mol. The summed E-state index contributed by atoms with van der Waals surface area (Å²) < 4.78 is 0. The lowest BCUT2D eigenvalue weighted by atomic mass is 9.95. The second-order valence-electron chi connectivity index (χ2n) is 5.40. The van der Waals surface area contributed by atoms with Gasteiger partial charge in [0.2, 0.25) is 0 Å². The lowest BCUT2D eigenvalue weighted by Crippen LogP contribution is -2.32. The van der Waals surface area contributed by atoms with Gasteiger partial charge in [-0.1, -0.05) is 30.3 Å². The van der Waals surface area contributed by atoms with E-state index in [1.807, 2.05) is 0 Å².